The van der Waals surface area contributed by atoms with Gasteiger partial charge in [-0.05, 0) is 23.3 Å². The lowest BCUT2D eigenvalue weighted by Crippen LogP contribution is -2.20. The van der Waals surface area contributed by atoms with Crippen molar-refractivity contribution in [2.75, 3.05) is 24.3 Å². The van der Waals surface area contributed by atoms with E-state index in [-0.39, 0.29) is 11.7 Å². The van der Waals surface area contributed by atoms with E-state index in [1.807, 2.05) is 10.9 Å². The first-order valence-corrected chi connectivity index (χ1v) is 7.98. The molecule has 1 N–H and O–H groups in total. The second-order valence-corrected chi connectivity index (χ2v) is 5.92. The summed E-state index contributed by atoms with van der Waals surface area (Å²) >= 11 is 1.29. The zero-order valence-corrected chi connectivity index (χ0v) is 13.0. The third-order valence-electron chi connectivity index (χ3n) is 3.36. The molecular formula is C12H17N7O2S. The summed E-state index contributed by atoms with van der Waals surface area (Å²) in [5, 5.41) is 18.8. The number of rotatable bonds is 5. The van der Waals surface area contributed by atoms with E-state index in [9.17, 15) is 4.79 Å². The number of amides is 1. The van der Waals surface area contributed by atoms with Crippen LogP contribution in [0.4, 0.5) is 5.69 Å². The number of anilines is 1. The minimum Gasteiger partial charge on any atom is -0.381 e. The van der Waals surface area contributed by atoms with Crippen LogP contribution in [0.2, 0.25) is 0 Å². The highest BCUT2D eigenvalue weighted by Gasteiger charge is 2.17. The fraction of sp³-hybridized carbons (Fsp3) is 0.583. The van der Waals surface area contributed by atoms with Gasteiger partial charge in [0.15, 0.2) is 0 Å². The first kappa shape index (κ1) is 15.0. The lowest BCUT2D eigenvalue weighted by Gasteiger charge is -2.22. The number of nitrogens with zero attached hydrogens (tertiary/aromatic N) is 6. The number of carbonyl (C=O) groups excluding carboxylic acids is 1. The minimum absolute atomic E-state index is 0.112. The average molecular weight is 323 g/mol. The molecule has 118 valence electrons. The first-order chi connectivity index (χ1) is 10.7. The van der Waals surface area contributed by atoms with E-state index in [1.54, 1.807) is 13.2 Å². The van der Waals surface area contributed by atoms with Gasteiger partial charge in [-0.15, -0.1) is 5.10 Å². The second kappa shape index (κ2) is 6.88. The van der Waals surface area contributed by atoms with Gasteiger partial charge < -0.3 is 10.1 Å². The van der Waals surface area contributed by atoms with Crippen LogP contribution in [0.5, 0.6) is 0 Å². The molecule has 2 aromatic heterocycles. The standard InChI is InChI=1S/C12H17N7O2S/c1-18-12(15-16-17-18)22-8-11(20)14-9-6-13-19(7-9)10-2-4-21-5-3-10/h6-7,10H,2-5,8H2,1H3,(H,14,20). The van der Waals surface area contributed by atoms with Crippen molar-refractivity contribution in [1.82, 2.24) is 30.0 Å². The summed E-state index contributed by atoms with van der Waals surface area (Å²) in [6, 6.07) is 0.346. The maximum absolute atomic E-state index is 11.9. The van der Waals surface area contributed by atoms with Crippen LogP contribution < -0.4 is 5.32 Å². The van der Waals surface area contributed by atoms with Crippen LogP contribution in [0.25, 0.3) is 0 Å². The van der Waals surface area contributed by atoms with Gasteiger partial charge >= 0.3 is 0 Å². The number of aromatic nitrogens is 6. The highest BCUT2D eigenvalue weighted by Crippen LogP contribution is 2.21. The lowest BCUT2D eigenvalue weighted by atomic mass is 10.1. The minimum atomic E-state index is -0.112. The maximum atomic E-state index is 11.9. The monoisotopic (exact) mass is 323 g/mol. The molecule has 0 bridgehead atoms. The van der Waals surface area contributed by atoms with E-state index in [4.69, 9.17) is 4.74 Å². The molecule has 0 saturated carbocycles. The van der Waals surface area contributed by atoms with Crippen LogP contribution in [0.15, 0.2) is 17.6 Å². The van der Waals surface area contributed by atoms with Crippen molar-refractivity contribution in [2.45, 2.75) is 24.0 Å². The number of ether oxygens (including phenoxy) is 1. The van der Waals surface area contributed by atoms with Crippen LogP contribution in [0.1, 0.15) is 18.9 Å². The molecule has 1 amide bonds. The van der Waals surface area contributed by atoms with Gasteiger partial charge in [0.2, 0.25) is 11.1 Å². The summed E-state index contributed by atoms with van der Waals surface area (Å²) in [7, 11) is 1.73. The quantitative estimate of drug-likeness (QED) is 0.799. The molecule has 0 aliphatic carbocycles. The van der Waals surface area contributed by atoms with Gasteiger partial charge in [0.25, 0.3) is 0 Å². The highest BCUT2D eigenvalue weighted by atomic mass is 32.2. The molecule has 1 fully saturated rings. The summed E-state index contributed by atoms with van der Waals surface area (Å²) < 4.78 is 8.77. The molecule has 22 heavy (non-hydrogen) atoms. The van der Waals surface area contributed by atoms with Gasteiger partial charge in [-0.3, -0.25) is 9.48 Å². The van der Waals surface area contributed by atoms with Crippen LogP contribution in [-0.4, -0.2) is 54.9 Å². The van der Waals surface area contributed by atoms with Crippen LogP contribution >= 0.6 is 11.8 Å². The molecule has 0 unspecified atom stereocenters. The highest BCUT2D eigenvalue weighted by molar-refractivity contribution is 7.99. The Morgan fingerprint density at radius 3 is 3.05 bits per heavy atom. The number of hydrogen-bond acceptors (Lipinski definition) is 7. The van der Waals surface area contributed by atoms with Crippen molar-refractivity contribution in [2.24, 2.45) is 7.05 Å². The Morgan fingerprint density at radius 2 is 2.32 bits per heavy atom. The normalized spacial score (nSPS) is 15.9. The fourth-order valence-corrected chi connectivity index (χ4v) is 2.87. The Bertz CT molecular complexity index is 635. The van der Waals surface area contributed by atoms with Crippen molar-refractivity contribution >= 4 is 23.4 Å². The number of aryl methyl sites for hydroxylation is 1. The summed E-state index contributed by atoms with van der Waals surface area (Å²) in [6.45, 7) is 1.52. The number of carbonyl (C=O) groups is 1. The zero-order valence-electron chi connectivity index (χ0n) is 12.2. The molecule has 0 aromatic carbocycles. The van der Waals surface area contributed by atoms with Gasteiger partial charge in [0, 0.05) is 26.5 Å². The molecule has 2 aromatic rings. The number of hydrogen-bond donors (Lipinski definition) is 1. The van der Waals surface area contributed by atoms with E-state index < -0.39 is 0 Å². The largest absolute Gasteiger partial charge is 0.381 e. The van der Waals surface area contributed by atoms with Crippen LogP contribution in [0, 0.1) is 0 Å². The van der Waals surface area contributed by atoms with E-state index in [1.165, 1.54) is 16.4 Å². The Hall–Kier alpha value is -1.94. The van der Waals surface area contributed by atoms with E-state index in [0.29, 0.717) is 16.9 Å². The Kier molecular flexibility index (Phi) is 4.68. The fourth-order valence-electron chi connectivity index (χ4n) is 2.22. The Labute approximate surface area is 131 Å². The van der Waals surface area contributed by atoms with E-state index in [0.717, 1.165) is 26.1 Å². The average Bonchev–Trinajstić information content (AvgIpc) is 3.15. The van der Waals surface area contributed by atoms with Gasteiger partial charge in [-0.1, -0.05) is 11.8 Å². The SMILES string of the molecule is Cn1nnnc1SCC(=O)Nc1cnn(C2CCOCC2)c1. The van der Waals surface area contributed by atoms with Crippen molar-refractivity contribution in [1.29, 1.82) is 0 Å². The van der Waals surface area contributed by atoms with Crippen molar-refractivity contribution in [3.05, 3.63) is 12.4 Å². The molecule has 0 atom stereocenters. The molecule has 1 saturated heterocycles. The third kappa shape index (κ3) is 3.63. The third-order valence-corrected chi connectivity index (χ3v) is 4.37. The predicted octanol–water partition coefficient (Wildman–Crippen LogP) is 0.489. The molecule has 9 nitrogen and oxygen atoms in total. The van der Waals surface area contributed by atoms with Crippen molar-refractivity contribution in [3.8, 4) is 0 Å². The van der Waals surface area contributed by atoms with Crippen LogP contribution in [-0.2, 0) is 16.6 Å². The second-order valence-electron chi connectivity index (χ2n) is 4.97. The van der Waals surface area contributed by atoms with Crippen LogP contribution in [0.3, 0.4) is 0 Å². The molecular weight excluding hydrogens is 306 g/mol. The molecule has 10 heteroatoms. The maximum Gasteiger partial charge on any atom is 0.234 e. The molecule has 3 rings (SSSR count). The molecule has 0 spiro atoms. The Balaban J connectivity index is 1.51. The van der Waals surface area contributed by atoms with E-state index in [2.05, 4.69) is 25.9 Å². The number of tetrazole rings is 1. The summed E-state index contributed by atoms with van der Waals surface area (Å²) in [5.74, 6) is 0.135. The summed E-state index contributed by atoms with van der Waals surface area (Å²) in [4.78, 5) is 11.9. The van der Waals surface area contributed by atoms with Crippen molar-refractivity contribution < 1.29 is 9.53 Å². The summed E-state index contributed by atoms with van der Waals surface area (Å²) in [5.41, 5.74) is 0.702. The molecule has 3 heterocycles. The molecule has 0 radical (unpaired) electrons. The van der Waals surface area contributed by atoms with Gasteiger partial charge in [-0.2, -0.15) is 5.10 Å². The Morgan fingerprint density at radius 1 is 1.50 bits per heavy atom. The van der Waals surface area contributed by atoms with Gasteiger partial charge in [0.1, 0.15) is 0 Å². The first-order valence-electron chi connectivity index (χ1n) is 6.99. The topological polar surface area (TPSA) is 99.8 Å². The van der Waals surface area contributed by atoms with Gasteiger partial charge in [-0.25, -0.2) is 4.68 Å². The number of nitrogens with one attached hydrogen (secondary N) is 1. The smallest absolute Gasteiger partial charge is 0.234 e. The summed E-state index contributed by atoms with van der Waals surface area (Å²) in [6.07, 6.45) is 5.43. The van der Waals surface area contributed by atoms with E-state index >= 15 is 0 Å². The molecule has 1 aliphatic rings. The molecule has 1 aliphatic heterocycles. The number of thioether (sulfide) groups is 1. The predicted molar refractivity (Wildman–Crippen MR) is 79.5 cm³/mol. The van der Waals surface area contributed by atoms with Crippen molar-refractivity contribution in [3.63, 3.8) is 0 Å². The zero-order chi connectivity index (χ0) is 15.4. The van der Waals surface area contributed by atoms with Gasteiger partial charge in [0.05, 0.1) is 23.7 Å². The lowest BCUT2D eigenvalue weighted by molar-refractivity contribution is -0.113.